The van der Waals surface area contributed by atoms with Gasteiger partial charge in [0.2, 0.25) is 0 Å². The number of carbonyl (C=O) groups is 1. The summed E-state index contributed by atoms with van der Waals surface area (Å²) in [5.41, 5.74) is 0.987. The topological polar surface area (TPSA) is 116 Å². The standard InChI is InChI=1S/C19H20N4O5S/c1-10(2)8-28-19(24)16-11(3)15-17(20-9-21-18(15)29-16)22-13-7-12(23(25)26)5-6-14(13)27-4/h5-7,9-10H,8H2,1-4H3,(H,20,21,22). The van der Waals surface area contributed by atoms with Gasteiger partial charge in [0.25, 0.3) is 5.69 Å². The molecule has 1 aromatic carbocycles. The lowest BCUT2D eigenvalue weighted by molar-refractivity contribution is -0.384. The van der Waals surface area contributed by atoms with E-state index in [0.717, 1.165) is 0 Å². The summed E-state index contributed by atoms with van der Waals surface area (Å²) in [6, 6.07) is 4.23. The number of anilines is 2. The summed E-state index contributed by atoms with van der Waals surface area (Å²) in [4.78, 5) is 32.7. The van der Waals surface area contributed by atoms with Gasteiger partial charge in [-0.2, -0.15) is 0 Å². The molecular formula is C19H20N4O5S. The second-order valence-corrected chi connectivity index (χ2v) is 7.72. The van der Waals surface area contributed by atoms with E-state index in [4.69, 9.17) is 9.47 Å². The number of nitro groups is 1. The number of non-ortho nitro benzene ring substituents is 1. The average Bonchev–Trinajstić information content (AvgIpc) is 3.03. The zero-order valence-electron chi connectivity index (χ0n) is 16.4. The Morgan fingerprint density at radius 2 is 2.10 bits per heavy atom. The molecule has 10 heteroatoms. The highest BCUT2D eigenvalue weighted by Crippen LogP contribution is 2.37. The molecule has 0 aliphatic heterocycles. The highest BCUT2D eigenvalue weighted by atomic mass is 32.1. The molecule has 0 amide bonds. The first-order valence-corrected chi connectivity index (χ1v) is 9.64. The third-order valence-electron chi connectivity index (χ3n) is 4.11. The van der Waals surface area contributed by atoms with Crippen molar-refractivity contribution in [1.82, 2.24) is 9.97 Å². The molecule has 0 fully saturated rings. The highest BCUT2D eigenvalue weighted by molar-refractivity contribution is 7.20. The second-order valence-electron chi connectivity index (χ2n) is 6.72. The summed E-state index contributed by atoms with van der Waals surface area (Å²) < 4.78 is 10.6. The van der Waals surface area contributed by atoms with Crippen LogP contribution in [0.2, 0.25) is 0 Å². The van der Waals surface area contributed by atoms with E-state index >= 15 is 0 Å². The van der Waals surface area contributed by atoms with Crippen LogP contribution >= 0.6 is 11.3 Å². The Morgan fingerprint density at radius 1 is 1.34 bits per heavy atom. The SMILES string of the molecule is COc1ccc([N+](=O)[O-])cc1Nc1ncnc2sc(C(=O)OCC(C)C)c(C)c12. The van der Waals surface area contributed by atoms with Gasteiger partial charge in [0, 0.05) is 12.1 Å². The fraction of sp³-hybridized carbons (Fsp3) is 0.316. The second kappa shape index (κ2) is 8.39. The molecule has 2 heterocycles. The number of rotatable bonds is 7. The van der Waals surface area contributed by atoms with Crippen molar-refractivity contribution in [1.29, 1.82) is 0 Å². The number of nitrogens with one attached hydrogen (secondary N) is 1. The van der Waals surface area contributed by atoms with Gasteiger partial charge in [0.15, 0.2) is 0 Å². The van der Waals surface area contributed by atoms with Gasteiger partial charge in [0.1, 0.15) is 27.6 Å². The lowest BCUT2D eigenvalue weighted by Gasteiger charge is -2.11. The Hall–Kier alpha value is -3.27. The smallest absolute Gasteiger partial charge is 0.348 e. The molecule has 1 N–H and O–H groups in total. The quantitative estimate of drug-likeness (QED) is 0.340. The van der Waals surface area contributed by atoms with Crippen molar-refractivity contribution in [3.63, 3.8) is 0 Å². The first-order valence-electron chi connectivity index (χ1n) is 8.82. The number of aromatic nitrogens is 2. The van der Waals surface area contributed by atoms with E-state index in [1.54, 1.807) is 6.92 Å². The molecule has 0 saturated heterocycles. The van der Waals surface area contributed by atoms with Crippen LogP contribution in [0.3, 0.4) is 0 Å². The summed E-state index contributed by atoms with van der Waals surface area (Å²) in [7, 11) is 1.47. The average molecular weight is 416 g/mol. The van der Waals surface area contributed by atoms with Gasteiger partial charge in [-0.15, -0.1) is 11.3 Å². The number of fused-ring (bicyclic) bond motifs is 1. The number of nitrogens with zero attached hydrogens (tertiary/aromatic N) is 3. The summed E-state index contributed by atoms with van der Waals surface area (Å²) in [5, 5.41) is 14.9. The Balaban J connectivity index is 2.02. The van der Waals surface area contributed by atoms with Crippen molar-refractivity contribution < 1.29 is 19.2 Å². The van der Waals surface area contributed by atoms with Gasteiger partial charge in [-0.3, -0.25) is 10.1 Å². The maximum Gasteiger partial charge on any atom is 0.348 e. The molecule has 29 heavy (non-hydrogen) atoms. The van der Waals surface area contributed by atoms with E-state index in [1.807, 2.05) is 13.8 Å². The van der Waals surface area contributed by atoms with E-state index in [9.17, 15) is 14.9 Å². The molecule has 0 radical (unpaired) electrons. The minimum atomic E-state index is -0.487. The summed E-state index contributed by atoms with van der Waals surface area (Å²) in [5.74, 6) is 0.669. The molecule has 0 atom stereocenters. The summed E-state index contributed by atoms with van der Waals surface area (Å²) in [6.07, 6.45) is 1.37. The Morgan fingerprint density at radius 3 is 2.76 bits per heavy atom. The van der Waals surface area contributed by atoms with Gasteiger partial charge in [-0.05, 0) is 24.5 Å². The molecule has 9 nitrogen and oxygen atoms in total. The van der Waals surface area contributed by atoms with E-state index in [-0.39, 0.29) is 11.6 Å². The van der Waals surface area contributed by atoms with Crippen molar-refractivity contribution in [2.75, 3.05) is 19.0 Å². The predicted molar refractivity (Wildman–Crippen MR) is 110 cm³/mol. The molecule has 0 unspecified atom stereocenters. The third kappa shape index (κ3) is 4.27. The lowest BCUT2D eigenvalue weighted by atomic mass is 10.2. The summed E-state index contributed by atoms with van der Waals surface area (Å²) >= 11 is 1.22. The zero-order valence-corrected chi connectivity index (χ0v) is 17.2. The molecule has 3 rings (SSSR count). The van der Waals surface area contributed by atoms with Crippen LogP contribution in [0.15, 0.2) is 24.5 Å². The van der Waals surface area contributed by atoms with Gasteiger partial charge >= 0.3 is 5.97 Å². The predicted octanol–water partition coefficient (Wildman–Crippen LogP) is 4.47. The van der Waals surface area contributed by atoms with E-state index in [2.05, 4.69) is 15.3 Å². The molecular weight excluding hydrogens is 396 g/mol. The van der Waals surface area contributed by atoms with Crippen LogP contribution in [0.4, 0.5) is 17.2 Å². The maximum absolute atomic E-state index is 12.5. The number of methoxy groups -OCH3 is 1. The number of nitro benzene ring substituents is 1. The number of ether oxygens (including phenoxy) is 2. The third-order valence-corrected chi connectivity index (χ3v) is 5.29. The van der Waals surface area contributed by atoms with E-state index < -0.39 is 10.9 Å². The molecule has 0 aliphatic carbocycles. The maximum atomic E-state index is 12.5. The normalized spacial score (nSPS) is 10.9. The van der Waals surface area contributed by atoms with Crippen molar-refractivity contribution in [3.8, 4) is 5.75 Å². The highest BCUT2D eigenvalue weighted by Gasteiger charge is 2.22. The Labute approximate surface area is 170 Å². The van der Waals surface area contributed by atoms with Crippen LogP contribution in [0.1, 0.15) is 29.1 Å². The fourth-order valence-electron chi connectivity index (χ4n) is 2.70. The molecule has 0 bridgehead atoms. The Bertz CT molecular complexity index is 1080. The lowest BCUT2D eigenvalue weighted by Crippen LogP contribution is -2.09. The number of esters is 1. The van der Waals surface area contributed by atoms with Gasteiger partial charge in [0.05, 0.1) is 29.7 Å². The van der Waals surface area contributed by atoms with Crippen LogP contribution in [0, 0.1) is 23.0 Å². The van der Waals surface area contributed by atoms with E-state index in [1.165, 1.54) is 43.0 Å². The first kappa shape index (κ1) is 20.5. The number of aryl methyl sites for hydroxylation is 1. The van der Waals surface area contributed by atoms with Crippen LogP contribution in [-0.4, -0.2) is 34.6 Å². The van der Waals surface area contributed by atoms with Gasteiger partial charge in [-0.1, -0.05) is 13.8 Å². The number of benzene rings is 1. The number of carbonyl (C=O) groups excluding carboxylic acids is 1. The number of thiophene rings is 1. The van der Waals surface area contributed by atoms with Gasteiger partial charge in [-0.25, -0.2) is 14.8 Å². The summed E-state index contributed by atoms with van der Waals surface area (Å²) in [6.45, 7) is 6.05. The number of hydrogen-bond acceptors (Lipinski definition) is 9. The van der Waals surface area contributed by atoms with Crippen LogP contribution in [0.25, 0.3) is 10.2 Å². The minimum absolute atomic E-state index is 0.0846. The Kier molecular flexibility index (Phi) is 5.92. The molecule has 0 spiro atoms. The fourth-order valence-corrected chi connectivity index (χ4v) is 3.75. The molecule has 0 saturated carbocycles. The van der Waals surface area contributed by atoms with Gasteiger partial charge < -0.3 is 14.8 Å². The van der Waals surface area contributed by atoms with Crippen molar-refractivity contribution in [2.24, 2.45) is 5.92 Å². The van der Waals surface area contributed by atoms with E-state index in [0.29, 0.717) is 44.5 Å². The number of hydrogen-bond donors (Lipinski definition) is 1. The van der Waals surface area contributed by atoms with Crippen molar-refractivity contribution in [2.45, 2.75) is 20.8 Å². The van der Waals surface area contributed by atoms with Crippen LogP contribution < -0.4 is 10.1 Å². The zero-order chi connectivity index (χ0) is 21.1. The first-order chi connectivity index (χ1) is 13.8. The molecule has 152 valence electrons. The molecule has 0 aliphatic rings. The molecule has 3 aromatic rings. The molecule has 2 aromatic heterocycles. The largest absolute Gasteiger partial charge is 0.495 e. The minimum Gasteiger partial charge on any atom is -0.495 e. The van der Waals surface area contributed by atoms with Crippen molar-refractivity contribution >= 4 is 44.7 Å². The van der Waals surface area contributed by atoms with Crippen LogP contribution in [-0.2, 0) is 4.74 Å². The van der Waals surface area contributed by atoms with Crippen LogP contribution in [0.5, 0.6) is 5.75 Å². The monoisotopic (exact) mass is 416 g/mol. The van der Waals surface area contributed by atoms with Crippen molar-refractivity contribution in [3.05, 3.63) is 45.1 Å².